The van der Waals surface area contributed by atoms with Crippen molar-refractivity contribution >= 4 is 5.97 Å². The third-order valence-electron chi connectivity index (χ3n) is 3.46. The summed E-state index contributed by atoms with van der Waals surface area (Å²) in [6.45, 7) is 4.17. The highest BCUT2D eigenvalue weighted by molar-refractivity contribution is 5.78. The first kappa shape index (κ1) is 15.1. The number of hydrogen-bond acceptors (Lipinski definition) is 4. The van der Waals surface area contributed by atoms with Gasteiger partial charge in [0.2, 0.25) is 0 Å². The molecule has 5 nitrogen and oxygen atoms in total. The number of ether oxygens (including phenoxy) is 1. The molecular weight excluding hydrogens is 268 g/mol. The largest absolute Gasteiger partial charge is 0.507 e. The van der Waals surface area contributed by atoms with Crippen molar-refractivity contribution in [1.82, 2.24) is 10.3 Å². The summed E-state index contributed by atoms with van der Waals surface area (Å²) in [7, 11) is 1.37. The van der Waals surface area contributed by atoms with Crippen molar-refractivity contribution in [3.63, 3.8) is 0 Å². The van der Waals surface area contributed by atoms with E-state index >= 15 is 0 Å². The Bertz CT molecular complexity index is 597. The highest BCUT2D eigenvalue weighted by atomic mass is 16.5. The van der Waals surface area contributed by atoms with Gasteiger partial charge in [0.1, 0.15) is 11.8 Å². The number of carbonyl (C=O) groups excluding carboxylic acids is 1. The average molecular weight is 288 g/mol. The van der Waals surface area contributed by atoms with E-state index in [1.165, 1.54) is 7.11 Å². The number of aromatic amines is 1. The van der Waals surface area contributed by atoms with Crippen molar-refractivity contribution < 1.29 is 14.6 Å². The van der Waals surface area contributed by atoms with Gasteiger partial charge in [-0.2, -0.15) is 0 Å². The second-order valence-corrected chi connectivity index (χ2v) is 5.06. The van der Waals surface area contributed by atoms with Gasteiger partial charge in [0.05, 0.1) is 7.11 Å². The van der Waals surface area contributed by atoms with Crippen molar-refractivity contribution in [2.24, 2.45) is 0 Å². The highest BCUT2D eigenvalue weighted by Gasteiger charge is 2.22. The zero-order valence-electron chi connectivity index (χ0n) is 12.4. The number of aryl methyl sites for hydroxylation is 2. The number of rotatable bonds is 5. The lowest BCUT2D eigenvalue weighted by Crippen LogP contribution is -2.29. The SMILES string of the molecule is COC(=O)C(NCc1cc[nH]c1)c1cc(C)c(O)c(C)c1. The Morgan fingerprint density at radius 3 is 2.57 bits per heavy atom. The van der Waals surface area contributed by atoms with Gasteiger partial charge in [0.25, 0.3) is 0 Å². The number of hydrogen-bond donors (Lipinski definition) is 3. The van der Waals surface area contributed by atoms with Gasteiger partial charge < -0.3 is 14.8 Å². The summed E-state index contributed by atoms with van der Waals surface area (Å²) in [4.78, 5) is 15.0. The molecule has 112 valence electrons. The molecule has 0 bridgehead atoms. The Morgan fingerprint density at radius 2 is 2.05 bits per heavy atom. The second-order valence-electron chi connectivity index (χ2n) is 5.06. The molecular formula is C16H20N2O3. The Balaban J connectivity index is 2.25. The van der Waals surface area contributed by atoms with Gasteiger partial charge >= 0.3 is 5.97 Å². The van der Waals surface area contributed by atoms with Crippen LogP contribution in [0.15, 0.2) is 30.6 Å². The Morgan fingerprint density at radius 1 is 1.38 bits per heavy atom. The summed E-state index contributed by atoms with van der Waals surface area (Å²) in [5.41, 5.74) is 3.31. The van der Waals surface area contributed by atoms with E-state index in [4.69, 9.17) is 4.74 Å². The first-order valence-corrected chi connectivity index (χ1v) is 6.76. The fraction of sp³-hybridized carbons (Fsp3) is 0.312. The molecule has 1 aromatic carbocycles. The van der Waals surface area contributed by atoms with Crippen LogP contribution in [0.3, 0.4) is 0 Å². The van der Waals surface area contributed by atoms with Crippen LogP contribution in [-0.4, -0.2) is 23.2 Å². The molecule has 0 aliphatic carbocycles. The first-order chi connectivity index (χ1) is 10.0. The zero-order valence-corrected chi connectivity index (χ0v) is 12.4. The van der Waals surface area contributed by atoms with Crippen molar-refractivity contribution in [3.8, 4) is 5.75 Å². The molecule has 21 heavy (non-hydrogen) atoms. The topological polar surface area (TPSA) is 74.3 Å². The van der Waals surface area contributed by atoms with E-state index in [1.54, 1.807) is 12.1 Å². The smallest absolute Gasteiger partial charge is 0.327 e. The minimum Gasteiger partial charge on any atom is -0.507 e. The highest BCUT2D eigenvalue weighted by Crippen LogP contribution is 2.27. The maximum Gasteiger partial charge on any atom is 0.327 e. The molecule has 0 aliphatic rings. The standard InChI is InChI=1S/C16H20N2O3/c1-10-6-13(7-11(2)15(10)19)14(16(20)21-3)18-9-12-4-5-17-8-12/h4-8,14,17-19H,9H2,1-3H3. The zero-order chi connectivity index (χ0) is 15.4. The van der Waals surface area contributed by atoms with Gasteiger partial charge in [-0.1, -0.05) is 12.1 Å². The summed E-state index contributed by atoms with van der Waals surface area (Å²) in [5.74, 6) is -0.0944. The Kier molecular flexibility index (Phi) is 4.65. The lowest BCUT2D eigenvalue weighted by atomic mass is 10.00. The molecule has 1 heterocycles. The minimum atomic E-state index is -0.567. The van der Waals surface area contributed by atoms with Crippen LogP contribution in [0.1, 0.15) is 28.3 Å². The molecule has 1 aromatic heterocycles. The number of methoxy groups -OCH3 is 1. The van der Waals surface area contributed by atoms with E-state index in [0.29, 0.717) is 6.54 Å². The monoisotopic (exact) mass is 288 g/mol. The van der Waals surface area contributed by atoms with Gasteiger partial charge in [0.15, 0.2) is 0 Å². The molecule has 1 unspecified atom stereocenters. The summed E-state index contributed by atoms with van der Waals surface area (Å²) < 4.78 is 4.87. The van der Waals surface area contributed by atoms with Gasteiger partial charge in [-0.25, -0.2) is 4.79 Å². The summed E-state index contributed by atoms with van der Waals surface area (Å²) >= 11 is 0. The van der Waals surface area contributed by atoms with Crippen molar-refractivity contribution in [1.29, 1.82) is 0 Å². The molecule has 2 aromatic rings. The van der Waals surface area contributed by atoms with Crippen LogP contribution in [0.5, 0.6) is 5.75 Å². The molecule has 0 aliphatic heterocycles. The lowest BCUT2D eigenvalue weighted by molar-refractivity contribution is -0.143. The number of esters is 1. The van der Waals surface area contributed by atoms with Gasteiger partial charge in [-0.3, -0.25) is 5.32 Å². The van der Waals surface area contributed by atoms with Gasteiger partial charge in [-0.05, 0) is 42.2 Å². The molecule has 5 heteroatoms. The number of H-pyrrole nitrogens is 1. The molecule has 1 atom stereocenters. The summed E-state index contributed by atoms with van der Waals surface area (Å²) in [6.07, 6.45) is 3.70. The molecule has 2 rings (SSSR count). The quantitative estimate of drug-likeness (QED) is 0.738. The molecule has 0 radical (unpaired) electrons. The molecule has 3 N–H and O–H groups in total. The molecule has 0 saturated carbocycles. The van der Waals surface area contributed by atoms with E-state index in [-0.39, 0.29) is 11.7 Å². The van der Waals surface area contributed by atoms with Crippen molar-refractivity contribution in [2.75, 3.05) is 7.11 Å². The average Bonchev–Trinajstić information content (AvgIpc) is 2.97. The van der Waals surface area contributed by atoms with Crippen LogP contribution >= 0.6 is 0 Å². The van der Waals surface area contributed by atoms with Crippen LogP contribution in [0.25, 0.3) is 0 Å². The van der Waals surface area contributed by atoms with Gasteiger partial charge in [-0.15, -0.1) is 0 Å². The Hall–Kier alpha value is -2.27. The van der Waals surface area contributed by atoms with Crippen LogP contribution in [0, 0.1) is 13.8 Å². The molecule has 0 saturated heterocycles. The normalized spacial score (nSPS) is 12.1. The second kappa shape index (κ2) is 6.45. The van der Waals surface area contributed by atoms with E-state index in [9.17, 15) is 9.90 Å². The van der Waals surface area contributed by atoms with E-state index < -0.39 is 6.04 Å². The first-order valence-electron chi connectivity index (χ1n) is 6.76. The number of phenolic OH excluding ortho intramolecular Hbond substituents is 1. The number of nitrogens with one attached hydrogen (secondary N) is 2. The minimum absolute atomic E-state index is 0.257. The lowest BCUT2D eigenvalue weighted by Gasteiger charge is -2.18. The van der Waals surface area contributed by atoms with Crippen molar-refractivity contribution in [3.05, 3.63) is 52.8 Å². The van der Waals surface area contributed by atoms with Crippen LogP contribution in [0.4, 0.5) is 0 Å². The van der Waals surface area contributed by atoms with Crippen LogP contribution in [0.2, 0.25) is 0 Å². The number of aromatic nitrogens is 1. The van der Waals surface area contributed by atoms with Crippen LogP contribution < -0.4 is 5.32 Å². The number of benzene rings is 1. The molecule has 0 amide bonds. The Labute approximate surface area is 124 Å². The predicted molar refractivity (Wildman–Crippen MR) is 80.0 cm³/mol. The number of phenols is 1. The predicted octanol–water partition coefficient (Wildman–Crippen LogP) is 2.34. The van der Waals surface area contributed by atoms with Gasteiger partial charge in [0, 0.05) is 18.9 Å². The third kappa shape index (κ3) is 3.44. The fourth-order valence-electron chi connectivity index (χ4n) is 2.30. The van der Waals surface area contributed by atoms with E-state index in [2.05, 4.69) is 10.3 Å². The molecule has 0 fully saturated rings. The van der Waals surface area contributed by atoms with Crippen molar-refractivity contribution in [2.45, 2.75) is 26.4 Å². The number of aromatic hydroxyl groups is 1. The summed E-state index contributed by atoms with van der Waals surface area (Å²) in [5, 5.41) is 13.0. The third-order valence-corrected chi connectivity index (χ3v) is 3.46. The maximum absolute atomic E-state index is 12.0. The van der Waals surface area contributed by atoms with E-state index in [1.807, 2.05) is 32.3 Å². The van der Waals surface area contributed by atoms with E-state index in [0.717, 1.165) is 22.3 Å². The van der Waals surface area contributed by atoms with Crippen LogP contribution in [-0.2, 0) is 16.1 Å². The number of carbonyl (C=O) groups is 1. The fourth-order valence-corrected chi connectivity index (χ4v) is 2.30. The molecule has 0 spiro atoms. The maximum atomic E-state index is 12.0. The summed E-state index contributed by atoms with van der Waals surface area (Å²) in [6, 6.07) is 4.97.